The number of Topliss-reactive ketones (excluding diaryl/α,β-unsaturated/α-hetero) is 1. The standard InChI is InChI=1S/C22H23N3O3S/c1-27-17-9-10-18(20(12-17)28-2)21-23-22(25-24-21)29-13-19(26)16-8-7-14-5-3-4-6-15(14)11-16/h7-12H,3-6,13H2,1-2H3,(H,23,24,25). The van der Waals surface area contributed by atoms with Gasteiger partial charge in [0.05, 0.1) is 25.5 Å². The smallest absolute Gasteiger partial charge is 0.209 e. The van der Waals surface area contributed by atoms with Gasteiger partial charge in [-0.3, -0.25) is 9.89 Å². The van der Waals surface area contributed by atoms with Crippen LogP contribution in [0, 0.1) is 0 Å². The second kappa shape index (κ2) is 8.69. The van der Waals surface area contributed by atoms with Gasteiger partial charge in [-0.2, -0.15) is 0 Å². The molecule has 29 heavy (non-hydrogen) atoms. The number of hydrogen-bond donors (Lipinski definition) is 1. The fourth-order valence-electron chi connectivity index (χ4n) is 3.55. The number of H-pyrrole nitrogens is 1. The van der Waals surface area contributed by atoms with Crippen LogP contribution in [0.25, 0.3) is 11.4 Å². The van der Waals surface area contributed by atoms with E-state index in [1.54, 1.807) is 20.3 Å². The fourth-order valence-corrected chi connectivity index (χ4v) is 4.24. The lowest BCUT2D eigenvalue weighted by molar-refractivity contribution is 0.102. The Bertz CT molecular complexity index is 1030. The van der Waals surface area contributed by atoms with Crippen molar-refractivity contribution >= 4 is 17.5 Å². The molecule has 7 heteroatoms. The van der Waals surface area contributed by atoms with E-state index in [9.17, 15) is 4.79 Å². The first-order valence-corrected chi connectivity index (χ1v) is 10.6. The molecule has 1 heterocycles. The average Bonchev–Trinajstić information content (AvgIpc) is 3.25. The first-order valence-electron chi connectivity index (χ1n) is 9.60. The second-order valence-corrected chi connectivity index (χ2v) is 7.88. The SMILES string of the molecule is COc1ccc(-c2nc(SCC(=O)c3ccc4c(c3)CCCC4)n[nH]2)c(OC)c1. The Morgan fingerprint density at radius 2 is 1.90 bits per heavy atom. The molecule has 150 valence electrons. The lowest BCUT2D eigenvalue weighted by Gasteiger charge is -2.16. The summed E-state index contributed by atoms with van der Waals surface area (Å²) in [7, 11) is 3.21. The van der Waals surface area contributed by atoms with Crippen LogP contribution in [-0.2, 0) is 12.8 Å². The zero-order chi connectivity index (χ0) is 20.2. The fraction of sp³-hybridized carbons (Fsp3) is 0.318. The van der Waals surface area contributed by atoms with Gasteiger partial charge in [-0.25, -0.2) is 4.98 Å². The van der Waals surface area contributed by atoms with Crippen LogP contribution in [-0.4, -0.2) is 40.9 Å². The predicted molar refractivity (Wildman–Crippen MR) is 113 cm³/mol. The normalized spacial score (nSPS) is 13.0. The summed E-state index contributed by atoms with van der Waals surface area (Å²) in [4.78, 5) is 17.1. The van der Waals surface area contributed by atoms with Crippen molar-refractivity contribution in [2.24, 2.45) is 0 Å². The van der Waals surface area contributed by atoms with Gasteiger partial charge in [0, 0.05) is 11.6 Å². The number of nitrogens with zero attached hydrogens (tertiary/aromatic N) is 2. The molecule has 0 spiro atoms. The monoisotopic (exact) mass is 409 g/mol. The Hall–Kier alpha value is -2.80. The quantitative estimate of drug-likeness (QED) is 0.462. The third-order valence-electron chi connectivity index (χ3n) is 5.13. The summed E-state index contributed by atoms with van der Waals surface area (Å²) in [6.07, 6.45) is 4.63. The van der Waals surface area contributed by atoms with Crippen LogP contribution in [0.2, 0.25) is 0 Å². The van der Waals surface area contributed by atoms with Gasteiger partial charge >= 0.3 is 0 Å². The van der Waals surface area contributed by atoms with Crippen LogP contribution in [0.15, 0.2) is 41.6 Å². The van der Waals surface area contributed by atoms with E-state index in [0.717, 1.165) is 24.0 Å². The van der Waals surface area contributed by atoms with Crippen LogP contribution in [0.3, 0.4) is 0 Å². The number of nitrogens with one attached hydrogen (secondary N) is 1. The molecule has 0 bridgehead atoms. The Kier molecular flexibility index (Phi) is 5.85. The summed E-state index contributed by atoms with van der Waals surface area (Å²) in [6.45, 7) is 0. The largest absolute Gasteiger partial charge is 0.497 e. The number of thioether (sulfide) groups is 1. The third kappa shape index (κ3) is 4.29. The second-order valence-electron chi connectivity index (χ2n) is 6.94. The highest BCUT2D eigenvalue weighted by Gasteiger charge is 2.16. The highest BCUT2D eigenvalue weighted by Crippen LogP contribution is 2.32. The molecule has 0 atom stereocenters. The van der Waals surface area contributed by atoms with Crippen molar-refractivity contribution in [1.29, 1.82) is 0 Å². The predicted octanol–water partition coefficient (Wildman–Crippen LogP) is 4.34. The Labute approximate surface area is 174 Å². The number of ether oxygens (including phenoxy) is 2. The van der Waals surface area contributed by atoms with Crippen LogP contribution >= 0.6 is 11.8 Å². The molecule has 0 unspecified atom stereocenters. The third-order valence-corrected chi connectivity index (χ3v) is 5.98. The maximum Gasteiger partial charge on any atom is 0.209 e. The molecule has 1 aliphatic rings. The van der Waals surface area contributed by atoms with Gasteiger partial charge in [-0.05, 0) is 55.0 Å². The van der Waals surface area contributed by atoms with E-state index in [0.29, 0.717) is 28.2 Å². The maximum atomic E-state index is 12.6. The number of aromatic amines is 1. The summed E-state index contributed by atoms with van der Waals surface area (Å²) < 4.78 is 10.7. The number of carbonyl (C=O) groups is 1. The minimum absolute atomic E-state index is 0.0942. The number of methoxy groups -OCH3 is 2. The van der Waals surface area contributed by atoms with Crippen molar-refractivity contribution in [2.45, 2.75) is 30.8 Å². The molecule has 0 fully saturated rings. The number of fused-ring (bicyclic) bond motifs is 1. The molecule has 6 nitrogen and oxygen atoms in total. The summed E-state index contributed by atoms with van der Waals surface area (Å²) in [5.74, 6) is 2.33. The minimum Gasteiger partial charge on any atom is -0.497 e. The first kappa shape index (κ1) is 19.5. The van der Waals surface area contributed by atoms with E-state index in [2.05, 4.69) is 27.3 Å². The minimum atomic E-state index is 0.0942. The van der Waals surface area contributed by atoms with E-state index >= 15 is 0 Å². The van der Waals surface area contributed by atoms with Crippen LogP contribution in [0.5, 0.6) is 11.5 Å². The number of aryl methyl sites for hydroxylation is 2. The molecule has 0 saturated carbocycles. The molecule has 1 N–H and O–H groups in total. The molecule has 0 aliphatic heterocycles. The van der Waals surface area contributed by atoms with Crippen molar-refractivity contribution < 1.29 is 14.3 Å². The number of hydrogen-bond acceptors (Lipinski definition) is 6. The van der Waals surface area contributed by atoms with Crippen molar-refractivity contribution in [3.05, 3.63) is 53.1 Å². The number of aromatic nitrogens is 3. The molecule has 1 aliphatic carbocycles. The zero-order valence-electron chi connectivity index (χ0n) is 16.5. The Morgan fingerprint density at radius 3 is 2.69 bits per heavy atom. The summed E-state index contributed by atoms with van der Waals surface area (Å²) >= 11 is 1.33. The Morgan fingerprint density at radius 1 is 1.07 bits per heavy atom. The molecule has 0 radical (unpaired) electrons. The molecule has 2 aromatic carbocycles. The number of ketones is 1. The highest BCUT2D eigenvalue weighted by molar-refractivity contribution is 7.99. The Balaban J connectivity index is 1.44. The summed E-state index contributed by atoms with van der Waals surface area (Å²) in [6, 6.07) is 11.6. The molecular formula is C22H23N3O3S. The molecule has 3 aromatic rings. The van der Waals surface area contributed by atoms with Gasteiger partial charge in [0.1, 0.15) is 11.5 Å². The molecule has 4 rings (SSSR count). The number of carbonyl (C=O) groups excluding carboxylic acids is 1. The van der Waals surface area contributed by atoms with Gasteiger partial charge in [0.25, 0.3) is 0 Å². The van der Waals surface area contributed by atoms with Crippen molar-refractivity contribution in [3.63, 3.8) is 0 Å². The maximum absolute atomic E-state index is 12.6. The van der Waals surface area contributed by atoms with Gasteiger partial charge in [-0.1, -0.05) is 23.9 Å². The zero-order valence-corrected chi connectivity index (χ0v) is 17.3. The van der Waals surface area contributed by atoms with Gasteiger partial charge in [-0.15, -0.1) is 5.10 Å². The van der Waals surface area contributed by atoms with Crippen molar-refractivity contribution in [2.75, 3.05) is 20.0 Å². The summed E-state index contributed by atoms with van der Waals surface area (Å²) in [5.41, 5.74) is 4.26. The van der Waals surface area contributed by atoms with Gasteiger partial charge < -0.3 is 9.47 Å². The first-order chi connectivity index (χ1) is 14.2. The number of benzene rings is 2. The summed E-state index contributed by atoms with van der Waals surface area (Å²) in [5, 5.41) is 7.69. The molecule has 0 saturated heterocycles. The van der Waals surface area contributed by atoms with Crippen LogP contribution in [0.4, 0.5) is 0 Å². The van der Waals surface area contributed by atoms with Crippen molar-refractivity contribution in [3.8, 4) is 22.9 Å². The lowest BCUT2D eigenvalue weighted by atomic mass is 9.90. The average molecular weight is 410 g/mol. The molecular weight excluding hydrogens is 386 g/mol. The van der Waals surface area contributed by atoms with E-state index in [1.807, 2.05) is 18.2 Å². The number of rotatable bonds is 7. The highest BCUT2D eigenvalue weighted by atomic mass is 32.2. The topological polar surface area (TPSA) is 77.1 Å². The molecule has 1 aromatic heterocycles. The van der Waals surface area contributed by atoms with E-state index in [4.69, 9.17) is 9.47 Å². The van der Waals surface area contributed by atoms with Gasteiger partial charge in [0.15, 0.2) is 11.6 Å². The van der Waals surface area contributed by atoms with E-state index in [-0.39, 0.29) is 5.78 Å². The van der Waals surface area contributed by atoms with Crippen LogP contribution < -0.4 is 9.47 Å². The van der Waals surface area contributed by atoms with Crippen LogP contribution in [0.1, 0.15) is 34.3 Å². The van der Waals surface area contributed by atoms with Crippen molar-refractivity contribution in [1.82, 2.24) is 15.2 Å². The lowest BCUT2D eigenvalue weighted by Crippen LogP contribution is -2.07. The van der Waals surface area contributed by atoms with E-state index in [1.165, 1.54) is 35.7 Å². The molecule has 0 amide bonds. The van der Waals surface area contributed by atoms with Gasteiger partial charge in [0.2, 0.25) is 5.16 Å². The van der Waals surface area contributed by atoms with E-state index < -0.39 is 0 Å².